The van der Waals surface area contributed by atoms with E-state index in [1.54, 1.807) is 59.5 Å². The van der Waals surface area contributed by atoms with Crippen LogP contribution in [-0.4, -0.2) is 49.9 Å². The minimum Gasteiger partial charge on any atom is -0.463 e. The Hall–Kier alpha value is -3.77. The Labute approximate surface area is 268 Å². The molecule has 1 heterocycles. The molecule has 0 bridgehead atoms. The molecule has 0 unspecified atom stereocenters. The number of nitrogens with one attached hydrogen (secondary N) is 2. The predicted octanol–water partition coefficient (Wildman–Crippen LogP) is 4.71. The van der Waals surface area contributed by atoms with E-state index in [1.807, 2.05) is 19.1 Å². The van der Waals surface area contributed by atoms with Gasteiger partial charge in [-0.3, -0.25) is 19.2 Å². The van der Waals surface area contributed by atoms with Gasteiger partial charge in [-0.2, -0.15) is 0 Å². The van der Waals surface area contributed by atoms with E-state index in [0.29, 0.717) is 41.0 Å². The molecule has 3 aromatic carbocycles. The first-order valence-corrected chi connectivity index (χ1v) is 17.0. The van der Waals surface area contributed by atoms with Gasteiger partial charge < -0.3 is 9.64 Å². The maximum atomic E-state index is 14.4. The standard InChI is InChI=1S/C33H36ClN3O7S/c1-21-11-16-26(27(34)17-21)31-30(32(39)35-44-19-23-14-12-22(13-15-23)18-43-20-38)24-7-3-4-8-25(24)33(40)37(31)29-10-6-5-9-28(29)36-45(2,41)42/h3-4,7-8,11-17,20,28-31,36H,5-6,9-10,18-19H2,1-2H3,(H,35,39)/t28-,29-,30+,31-/m0/s1. The van der Waals surface area contributed by atoms with Gasteiger partial charge in [-0.05, 0) is 59.7 Å². The van der Waals surface area contributed by atoms with Crippen LogP contribution in [0, 0.1) is 6.92 Å². The first-order valence-electron chi connectivity index (χ1n) is 14.8. The number of sulfonamides is 1. The van der Waals surface area contributed by atoms with E-state index in [-0.39, 0.29) is 19.1 Å². The molecule has 0 saturated heterocycles. The summed E-state index contributed by atoms with van der Waals surface area (Å²) in [7, 11) is -3.58. The molecule has 3 aromatic rings. The molecule has 1 fully saturated rings. The van der Waals surface area contributed by atoms with Crippen LogP contribution in [0.15, 0.2) is 66.7 Å². The Morgan fingerprint density at radius 2 is 1.69 bits per heavy atom. The first kappa shape index (κ1) is 32.6. The van der Waals surface area contributed by atoms with Gasteiger partial charge >= 0.3 is 0 Å². The van der Waals surface area contributed by atoms with E-state index in [0.717, 1.165) is 35.8 Å². The van der Waals surface area contributed by atoms with Gasteiger partial charge in [0.15, 0.2) is 0 Å². The number of aryl methyl sites for hydroxylation is 1. The van der Waals surface area contributed by atoms with E-state index < -0.39 is 40.0 Å². The van der Waals surface area contributed by atoms with E-state index in [1.165, 1.54) is 0 Å². The monoisotopic (exact) mass is 653 g/mol. The third-order valence-corrected chi connectivity index (χ3v) is 9.40. The van der Waals surface area contributed by atoms with Crippen LogP contribution in [0.4, 0.5) is 0 Å². The van der Waals surface area contributed by atoms with E-state index in [4.69, 9.17) is 21.2 Å². The average molecular weight is 654 g/mol. The molecular formula is C33H36ClN3O7S. The summed E-state index contributed by atoms with van der Waals surface area (Å²) >= 11 is 6.84. The number of hydroxylamine groups is 1. The number of halogens is 1. The molecule has 5 rings (SSSR count). The fourth-order valence-electron chi connectivity index (χ4n) is 6.37. The Morgan fingerprint density at radius 1 is 1.00 bits per heavy atom. The van der Waals surface area contributed by atoms with E-state index in [9.17, 15) is 22.8 Å². The molecular weight excluding hydrogens is 618 g/mol. The number of nitrogens with zero attached hydrogens (tertiary/aromatic N) is 1. The van der Waals surface area contributed by atoms with Crippen LogP contribution >= 0.6 is 11.6 Å². The summed E-state index contributed by atoms with van der Waals surface area (Å²) in [5.74, 6) is -1.67. The van der Waals surface area contributed by atoms with Gasteiger partial charge in [-0.1, -0.05) is 79.0 Å². The molecule has 45 heavy (non-hydrogen) atoms. The molecule has 1 aliphatic heterocycles. The van der Waals surface area contributed by atoms with Crippen molar-refractivity contribution in [2.45, 2.75) is 69.9 Å². The van der Waals surface area contributed by atoms with Crippen LogP contribution in [0.25, 0.3) is 0 Å². The summed E-state index contributed by atoms with van der Waals surface area (Å²) < 4.78 is 32.3. The van der Waals surface area contributed by atoms with Gasteiger partial charge in [0.05, 0.1) is 24.8 Å². The van der Waals surface area contributed by atoms with Crippen LogP contribution in [0.2, 0.25) is 5.02 Å². The molecule has 12 heteroatoms. The van der Waals surface area contributed by atoms with Crippen molar-refractivity contribution >= 4 is 39.9 Å². The third-order valence-electron chi connectivity index (χ3n) is 8.34. The van der Waals surface area contributed by atoms with Crippen LogP contribution in [0.5, 0.6) is 0 Å². The van der Waals surface area contributed by atoms with Crippen LogP contribution in [-0.2, 0) is 42.4 Å². The Kier molecular flexibility index (Phi) is 10.2. The summed E-state index contributed by atoms with van der Waals surface area (Å²) in [5.41, 5.74) is 6.60. The van der Waals surface area contributed by atoms with Gasteiger partial charge in [0, 0.05) is 22.7 Å². The molecule has 2 aliphatic rings. The number of amides is 2. The fraction of sp³-hybridized carbons (Fsp3) is 0.364. The highest BCUT2D eigenvalue weighted by Gasteiger charge is 2.49. The Morgan fingerprint density at radius 3 is 2.38 bits per heavy atom. The molecule has 0 spiro atoms. The summed E-state index contributed by atoms with van der Waals surface area (Å²) in [6, 6.07) is 17.8. The minimum absolute atomic E-state index is 0.0660. The van der Waals surface area contributed by atoms with Gasteiger partial charge in [-0.15, -0.1) is 0 Å². The van der Waals surface area contributed by atoms with Crippen molar-refractivity contribution in [3.05, 3.63) is 105 Å². The van der Waals surface area contributed by atoms with Gasteiger partial charge in [0.25, 0.3) is 18.3 Å². The second kappa shape index (κ2) is 14.1. The van der Waals surface area contributed by atoms with Gasteiger partial charge in [-0.25, -0.2) is 18.6 Å². The Balaban J connectivity index is 1.51. The molecule has 0 radical (unpaired) electrons. The SMILES string of the molecule is Cc1ccc([C@H]2[C@H](C(=O)NOCc3ccc(COC=O)cc3)c3ccccc3C(=O)N2[C@H]2CCCC[C@@H]2NS(C)(=O)=O)c(Cl)c1. The zero-order chi connectivity index (χ0) is 32.1. The lowest BCUT2D eigenvalue weighted by Gasteiger charge is -2.49. The van der Waals surface area contributed by atoms with Crippen molar-refractivity contribution in [2.24, 2.45) is 0 Å². The number of hydrogen-bond acceptors (Lipinski definition) is 7. The summed E-state index contributed by atoms with van der Waals surface area (Å²) in [6.45, 7) is 2.51. The number of rotatable bonds is 11. The molecule has 0 aromatic heterocycles. The zero-order valence-electron chi connectivity index (χ0n) is 25.1. The van der Waals surface area contributed by atoms with E-state index >= 15 is 0 Å². The molecule has 1 aliphatic carbocycles. The van der Waals surface area contributed by atoms with Gasteiger partial charge in [0.2, 0.25) is 10.0 Å². The van der Waals surface area contributed by atoms with Crippen molar-refractivity contribution in [3.63, 3.8) is 0 Å². The number of ether oxygens (including phenoxy) is 1. The lowest BCUT2D eigenvalue weighted by molar-refractivity contribution is -0.138. The summed E-state index contributed by atoms with van der Waals surface area (Å²) in [5, 5.41) is 0.401. The van der Waals surface area contributed by atoms with Crippen LogP contribution in [0.1, 0.15) is 75.8 Å². The van der Waals surface area contributed by atoms with Crippen molar-refractivity contribution in [3.8, 4) is 0 Å². The minimum atomic E-state index is -3.58. The number of fused-ring (bicyclic) bond motifs is 1. The third kappa shape index (κ3) is 7.55. The fourth-order valence-corrected chi connectivity index (χ4v) is 7.55. The number of carbonyl (C=O) groups excluding carboxylic acids is 3. The summed E-state index contributed by atoms with van der Waals surface area (Å²) in [4.78, 5) is 46.3. The highest BCUT2D eigenvalue weighted by Crippen LogP contribution is 2.47. The maximum absolute atomic E-state index is 14.4. The second-order valence-electron chi connectivity index (χ2n) is 11.6. The molecule has 238 valence electrons. The van der Waals surface area contributed by atoms with Crippen molar-refractivity contribution in [1.29, 1.82) is 0 Å². The molecule has 4 atom stereocenters. The highest BCUT2D eigenvalue weighted by molar-refractivity contribution is 7.88. The lowest BCUT2D eigenvalue weighted by Crippen LogP contribution is -2.59. The van der Waals surface area contributed by atoms with Crippen LogP contribution < -0.4 is 10.2 Å². The highest BCUT2D eigenvalue weighted by atomic mass is 35.5. The largest absolute Gasteiger partial charge is 0.463 e. The molecule has 2 N–H and O–H groups in total. The number of benzene rings is 3. The molecule has 10 nitrogen and oxygen atoms in total. The van der Waals surface area contributed by atoms with Crippen LogP contribution in [0.3, 0.4) is 0 Å². The van der Waals surface area contributed by atoms with E-state index in [2.05, 4.69) is 10.2 Å². The van der Waals surface area contributed by atoms with Crippen molar-refractivity contribution in [2.75, 3.05) is 6.26 Å². The van der Waals surface area contributed by atoms with Gasteiger partial charge in [0.1, 0.15) is 6.61 Å². The number of carbonyl (C=O) groups is 3. The second-order valence-corrected chi connectivity index (χ2v) is 13.8. The number of hydrogen-bond donors (Lipinski definition) is 2. The quantitative estimate of drug-likeness (QED) is 0.226. The van der Waals surface area contributed by atoms with Crippen molar-refractivity contribution < 1.29 is 32.4 Å². The molecule has 1 saturated carbocycles. The molecule has 2 amide bonds. The Bertz CT molecular complexity index is 1660. The summed E-state index contributed by atoms with van der Waals surface area (Å²) in [6.07, 6.45) is 3.82. The van der Waals surface area contributed by atoms with Crippen molar-refractivity contribution in [1.82, 2.24) is 15.1 Å². The average Bonchev–Trinajstić information content (AvgIpc) is 3.00. The lowest BCUT2D eigenvalue weighted by atomic mass is 9.76. The topological polar surface area (TPSA) is 131 Å². The smallest absolute Gasteiger partial charge is 0.293 e. The predicted molar refractivity (Wildman–Crippen MR) is 169 cm³/mol. The first-order chi connectivity index (χ1) is 21.6. The zero-order valence-corrected chi connectivity index (χ0v) is 26.6. The normalized spacial score (nSPS) is 21.6. The maximum Gasteiger partial charge on any atom is 0.293 e.